The molecule has 0 bridgehead atoms. The van der Waals surface area contributed by atoms with E-state index in [1.165, 1.54) is 30.2 Å². The molecule has 0 aliphatic carbocycles. The van der Waals surface area contributed by atoms with Crippen LogP contribution in [0.4, 0.5) is 0 Å². The van der Waals surface area contributed by atoms with Crippen LogP contribution in [0.15, 0.2) is 48.0 Å². The Morgan fingerprint density at radius 3 is 2.61 bits per heavy atom. The number of aromatic hydroxyl groups is 1. The van der Waals surface area contributed by atoms with Gasteiger partial charge in [0.15, 0.2) is 0 Å². The summed E-state index contributed by atoms with van der Waals surface area (Å²) < 4.78 is 5.30. The molecule has 1 aliphatic heterocycles. The molecular formula is C23H25ClN2O5. The molecule has 1 aliphatic rings. The van der Waals surface area contributed by atoms with Crippen molar-refractivity contribution in [1.29, 1.82) is 0 Å². The number of aliphatic hydroxyl groups is 1. The predicted octanol–water partition coefficient (Wildman–Crippen LogP) is 3.43. The molecule has 0 spiro atoms. The first-order valence-electron chi connectivity index (χ1n) is 9.80. The molecule has 0 radical (unpaired) electrons. The van der Waals surface area contributed by atoms with E-state index in [0.717, 1.165) is 6.54 Å². The normalized spacial score (nSPS) is 18.1. The summed E-state index contributed by atoms with van der Waals surface area (Å²) in [5.74, 6) is -1.67. The minimum atomic E-state index is -0.823. The Hall–Kier alpha value is -3.03. The van der Waals surface area contributed by atoms with Gasteiger partial charge in [0, 0.05) is 11.6 Å². The maximum absolute atomic E-state index is 13.0. The topological polar surface area (TPSA) is 90.3 Å². The largest absolute Gasteiger partial charge is 0.507 e. The quantitative estimate of drug-likeness (QED) is 0.386. The smallest absolute Gasteiger partial charge is 0.295 e. The molecule has 2 aromatic rings. The number of likely N-dealkylation sites (tertiary alicyclic amines) is 1. The van der Waals surface area contributed by atoms with Gasteiger partial charge in [-0.1, -0.05) is 23.7 Å². The molecule has 2 aromatic carbocycles. The molecule has 0 aromatic heterocycles. The van der Waals surface area contributed by atoms with Crippen LogP contribution in [0, 0.1) is 0 Å². The number of halogens is 1. The maximum atomic E-state index is 13.0. The molecule has 2 N–H and O–H groups in total. The second-order valence-corrected chi connectivity index (χ2v) is 8.02. The SMILES string of the molecule is COc1cccc([C@H]2C(=C(O)c3cc(Cl)ccc3O)C(=O)C(=O)N2CCCN(C)C)c1. The van der Waals surface area contributed by atoms with Crippen LogP contribution in [0.1, 0.15) is 23.6 Å². The fourth-order valence-corrected chi connectivity index (χ4v) is 3.84. The van der Waals surface area contributed by atoms with E-state index in [4.69, 9.17) is 16.3 Å². The highest BCUT2D eigenvalue weighted by Gasteiger charge is 2.46. The zero-order chi connectivity index (χ0) is 22.7. The number of Topliss-reactive ketones (excluding diaryl/α,β-unsaturated/α-hetero) is 1. The number of ketones is 1. The van der Waals surface area contributed by atoms with E-state index >= 15 is 0 Å². The number of methoxy groups -OCH3 is 1. The molecule has 8 heteroatoms. The van der Waals surface area contributed by atoms with E-state index < -0.39 is 23.5 Å². The van der Waals surface area contributed by atoms with Crippen LogP contribution in [0.3, 0.4) is 0 Å². The van der Waals surface area contributed by atoms with E-state index in [2.05, 4.69) is 0 Å². The van der Waals surface area contributed by atoms with Gasteiger partial charge >= 0.3 is 0 Å². The highest BCUT2D eigenvalue weighted by molar-refractivity contribution is 6.46. The first-order chi connectivity index (χ1) is 14.7. The van der Waals surface area contributed by atoms with Crippen molar-refractivity contribution in [1.82, 2.24) is 9.80 Å². The lowest BCUT2D eigenvalue weighted by atomic mass is 9.95. The Bertz CT molecular complexity index is 1030. The van der Waals surface area contributed by atoms with Gasteiger partial charge in [-0.25, -0.2) is 0 Å². The lowest BCUT2D eigenvalue weighted by molar-refractivity contribution is -0.139. The van der Waals surface area contributed by atoms with Gasteiger partial charge in [-0.05, 0) is 63.0 Å². The molecule has 3 rings (SSSR count). The van der Waals surface area contributed by atoms with Gasteiger partial charge in [-0.2, -0.15) is 0 Å². The minimum Gasteiger partial charge on any atom is -0.507 e. The van der Waals surface area contributed by atoms with Gasteiger partial charge < -0.3 is 24.7 Å². The van der Waals surface area contributed by atoms with Gasteiger partial charge in [0.05, 0.1) is 24.3 Å². The Morgan fingerprint density at radius 1 is 1.19 bits per heavy atom. The average molecular weight is 445 g/mol. The van der Waals surface area contributed by atoms with Crippen LogP contribution in [0.5, 0.6) is 11.5 Å². The zero-order valence-electron chi connectivity index (χ0n) is 17.6. The van der Waals surface area contributed by atoms with Crippen molar-refractivity contribution in [2.45, 2.75) is 12.5 Å². The van der Waals surface area contributed by atoms with Crippen molar-refractivity contribution in [3.63, 3.8) is 0 Å². The van der Waals surface area contributed by atoms with Crippen molar-refractivity contribution < 1.29 is 24.5 Å². The molecule has 1 amide bonds. The van der Waals surface area contributed by atoms with E-state index in [9.17, 15) is 19.8 Å². The predicted molar refractivity (Wildman–Crippen MR) is 118 cm³/mol. The number of carbonyl (C=O) groups is 2. The van der Waals surface area contributed by atoms with Crippen molar-refractivity contribution in [2.24, 2.45) is 0 Å². The number of hydrogen-bond acceptors (Lipinski definition) is 6. The van der Waals surface area contributed by atoms with Crippen LogP contribution < -0.4 is 4.74 Å². The van der Waals surface area contributed by atoms with E-state index in [1.54, 1.807) is 24.3 Å². The molecule has 7 nitrogen and oxygen atoms in total. The summed E-state index contributed by atoms with van der Waals surface area (Å²) in [5, 5.41) is 21.5. The number of benzene rings is 2. The Kier molecular flexibility index (Phi) is 6.87. The van der Waals surface area contributed by atoms with Crippen LogP contribution in [0.2, 0.25) is 5.02 Å². The van der Waals surface area contributed by atoms with Crippen molar-refractivity contribution in [3.8, 4) is 11.5 Å². The Balaban J connectivity index is 2.15. The van der Waals surface area contributed by atoms with Gasteiger partial charge in [0.2, 0.25) is 0 Å². The molecular weight excluding hydrogens is 420 g/mol. The van der Waals surface area contributed by atoms with E-state index in [-0.39, 0.29) is 21.9 Å². The third-order valence-corrected chi connectivity index (χ3v) is 5.40. The summed E-state index contributed by atoms with van der Waals surface area (Å²) in [7, 11) is 5.38. The number of amides is 1. The Labute approximate surface area is 186 Å². The number of aliphatic hydroxyl groups excluding tert-OH is 1. The fraction of sp³-hybridized carbons (Fsp3) is 0.304. The zero-order valence-corrected chi connectivity index (χ0v) is 18.4. The number of hydrogen-bond donors (Lipinski definition) is 2. The number of nitrogens with zero attached hydrogens (tertiary/aromatic N) is 2. The van der Waals surface area contributed by atoms with E-state index in [0.29, 0.717) is 24.3 Å². The van der Waals surface area contributed by atoms with Crippen LogP contribution >= 0.6 is 11.6 Å². The van der Waals surface area contributed by atoms with Gasteiger partial charge in [0.25, 0.3) is 11.7 Å². The molecule has 1 atom stereocenters. The van der Waals surface area contributed by atoms with Crippen molar-refractivity contribution in [3.05, 3.63) is 64.2 Å². The monoisotopic (exact) mass is 444 g/mol. The first kappa shape index (κ1) is 22.7. The number of ether oxygens (including phenoxy) is 1. The molecule has 1 saturated heterocycles. The summed E-state index contributed by atoms with van der Waals surface area (Å²) in [4.78, 5) is 29.4. The van der Waals surface area contributed by atoms with Crippen molar-refractivity contribution in [2.75, 3.05) is 34.3 Å². The van der Waals surface area contributed by atoms with Crippen molar-refractivity contribution >= 4 is 29.1 Å². The van der Waals surface area contributed by atoms with Crippen LogP contribution in [-0.2, 0) is 9.59 Å². The molecule has 1 fully saturated rings. The maximum Gasteiger partial charge on any atom is 0.295 e. The number of rotatable bonds is 7. The molecule has 164 valence electrons. The van der Waals surface area contributed by atoms with E-state index in [1.807, 2.05) is 19.0 Å². The summed E-state index contributed by atoms with van der Waals surface area (Å²) in [6, 6.07) is 10.3. The van der Waals surface area contributed by atoms with Gasteiger partial charge in [-0.3, -0.25) is 9.59 Å². The fourth-order valence-electron chi connectivity index (χ4n) is 3.67. The number of carbonyl (C=O) groups excluding carboxylic acids is 2. The average Bonchev–Trinajstić information content (AvgIpc) is 2.99. The highest BCUT2D eigenvalue weighted by atomic mass is 35.5. The second-order valence-electron chi connectivity index (χ2n) is 7.59. The van der Waals surface area contributed by atoms with Crippen LogP contribution in [-0.4, -0.2) is 66.0 Å². The minimum absolute atomic E-state index is 0.00770. The van der Waals surface area contributed by atoms with Gasteiger partial charge in [-0.15, -0.1) is 0 Å². The highest BCUT2D eigenvalue weighted by Crippen LogP contribution is 2.41. The summed E-state index contributed by atoms with van der Waals surface area (Å²) >= 11 is 6.02. The molecule has 1 heterocycles. The summed E-state index contributed by atoms with van der Waals surface area (Å²) in [6.45, 7) is 1.05. The third kappa shape index (κ3) is 4.68. The van der Waals surface area contributed by atoms with Gasteiger partial charge in [0.1, 0.15) is 17.3 Å². The molecule has 31 heavy (non-hydrogen) atoms. The molecule has 0 saturated carbocycles. The summed E-state index contributed by atoms with van der Waals surface area (Å²) in [5.41, 5.74) is 0.513. The second kappa shape index (κ2) is 9.41. The number of phenols is 1. The lowest BCUT2D eigenvalue weighted by Gasteiger charge is -2.26. The summed E-state index contributed by atoms with van der Waals surface area (Å²) in [6.07, 6.45) is 0.642. The van der Waals surface area contributed by atoms with Crippen LogP contribution in [0.25, 0.3) is 5.76 Å². The lowest BCUT2D eigenvalue weighted by Crippen LogP contribution is -2.32. The standard InChI is InChI=1S/C23H25ClN2O5/c1-25(2)10-5-11-26-20(14-6-4-7-16(12-14)31-3)19(22(29)23(26)30)21(28)17-13-15(24)8-9-18(17)27/h4,6-9,12-13,20,27-28H,5,10-11H2,1-3H3/t20-/m0/s1. The number of phenolic OH excluding ortho intramolecular Hbond substituents is 1. The Morgan fingerprint density at radius 2 is 1.94 bits per heavy atom. The third-order valence-electron chi connectivity index (χ3n) is 5.17. The molecule has 0 unspecified atom stereocenters. The first-order valence-corrected chi connectivity index (χ1v) is 10.2.